The fourth-order valence-electron chi connectivity index (χ4n) is 2.40. The Kier molecular flexibility index (Phi) is 4.34. The number of benzene rings is 1. The van der Waals surface area contributed by atoms with E-state index in [1.807, 2.05) is 44.3 Å². The van der Waals surface area contributed by atoms with E-state index in [4.69, 9.17) is 11.0 Å². The number of hydrogen-bond acceptors (Lipinski definition) is 4. The predicted octanol–water partition coefficient (Wildman–Crippen LogP) is 2.48. The van der Waals surface area contributed by atoms with E-state index in [1.165, 1.54) is 0 Å². The van der Waals surface area contributed by atoms with E-state index in [1.54, 1.807) is 18.5 Å². The molecule has 2 unspecified atom stereocenters. The summed E-state index contributed by atoms with van der Waals surface area (Å²) in [6.45, 7) is 1.98. The zero-order chi connectivity index (χ0) is 14.5. The highest BCUT2D eigenvalue weighted by atomic mass is 15.2. The van der Waals surface area contributed by atoms with E-state index in [9.17, 15) is 0 Å². The maximum atomic E-state index is 9.01. The van der Waals surface area contributed by atoms with Crippen LogP contribution in [0.4, 0.5) is 5.69 Å². The maximum Gasteiger partial charge on any atom is 0.0992 e. The van der Waals surface area contributed by atoms with Crippen molar-refractivity contribution in [3.8, 4) is 6.07 Å². The average molecular weight is 266 g/mol. The first kappa shape index (κ1) is 14.0. The molecule has 2 N–H and O–H groups in total. The minimum absolute atomic E-state index is 0.0342. The number of anilines is 1. The first-order chi connectivity index (χ1) is 9.63. The number of pyridine rings is 1. The molecule has 1 aromatic carbocycles. The number of aromatic nitrogens is 1. The van der Waals surface area contributed by atoms with Gasteiger partial charge in [-0.25, -0.2) is 0 Å². The topological polar surface area (TPSA) is 65.9 Å². The van der Waals surface area contributed by atoms with Crippen molar-refractivity contribution in [1.29, 1.82) is 5.26 Å². The third kappa shape index (κ3) is 2.95. The molecule has 20 heavy (non-hydrogen) atoms. The van der Waals surface area contributed by atoms with Crippen LogP contribution in [0.3, 0.4) is 0 Å². The van der Waals surface area contributed by atoms with Crippen LogP contribution in [0.2, 0.25) is 0 Å². The summed E-state index contributed by atoms with van der Waals surface area (Å²) in [7, 11) is 1.99. The highest BCUT2D eigenvalue weighted by molar-refractivity contribution is 5.53. The molecule has 2 aromatic rings. The Morgan fingerprint density at radius 3 is 2.55 bits per heavy atom. The number of rotatable bonds is 4. The van der Waals surface area contributed by atoms with Gasteiger partial charge >= 0.3 is 0 Å². The average Bonchev–Trinajstić information content (AvgIpc) is 2.48. The molecule has 0 aliphatic heterocycles. The summed E-state index contributed by atoms with van der Waals surface area (Å²) in [5, 5.41) is 9.01. The van der Waals surface area contributed by atoms with Gasteiger partial charge in [0.05, 0.1) is 17.7 Å². The smallest absolute Gasteiger partial charge is 0.0992 e. The normalized spacial score (nSPS) is 13.3. The second kappa shape index (κ2) is 6.18. The van der Waals surface area contributed by atoms with E-state index in [2.05, 4.69) is 16.0 Å². The number of hydrogen-bond donors (Lipinski definition) is 1. The molecule has 0 spiro atoms. The molecular weight excluding hydrogens is 248 g/mol. The first-order valence-electron chi connectivity index (χ1n) is 6.52. The van der Waals surface area contributed by atoms with Crippen molar-refractivity contribution in [3.63, 3.8) is 0 Å². The summed E-state index contributed by atoms with van der Waals surface area (Å²) in [5.74, 6) is 0. The SMILES string of the molecule is CC(N)C(c1ccncc1)N(C)c1cccc(C#N)c1. The third-order valence-electron chi connectivity index (χ3n) is 3.35. The molecule has 2 atom stereocenters. The van der Waals surface area contributed by atoms with Gasteiger partial charge in [-0.05, 0) is 42.8 Å². The largest absolute Gasteiger partial charge is 0.366 e. The first-order valence-corrected chi connectivity index (χ1v) is 6.52. The minimum Gasteiger partial charge on any atom is -0.366 e. The quantitative estimate of drug-likeness (QED) is 0.923. The molecule has 102 valence electrons. The Balaban J connectivity index is 2.37. The molecular formula is C16H18N4. The lowest BCUT2D eigenvalue weighted by molar-refractivity contribution is 0.558. The molecule has 1 aromatic heterocycles. The molecule has 0 amide bonds. The lowest BCUT2D eigenvalue weighted by atomic mass is 10.00. The predicted molar refractivity (Wildman–Crippen MR) is 80.2 cm³/mol. The Morgan fingerprint density at radius 2 is 1.95 bits per heavy atom. The van der Waals surface area contributed by atoms with Crippen molar-refractivity contribution in [2.45, 2.75) is 19.0 Å². The molecule has 0 saturated heterocycles. The summed E-state index contributed by atoms with van der Waals surface area (Å²) < 4.78 is 0. The van der Waals surface area contributed by atoms with E-state index in [0.29, 0.717) is 5.56 Å². The standard InChI is InChI=1S/C16H18N4/c1-12(18)16(14-6-8-19-9-7-14)20(2)15-5-3-4-13(10-15)11-17/h3-10,12,16H,18H2,1-2H3. The summed E-state index contributed by atoms with van der Waals surface area (Å²) in [6, 6.07) is 13.6. The maximum absolute atomic E-state index is 9.01. The van der Waals surface area contributed by atoms with Crippen LogP contribution in [-0.4, -0.2) is 18.1 Å². The van der Waals surface area contributed by atoms with Gasteiger partial charge in [0.2, 0.25) is 0 Å². The lowest BCUT2D eigenvalue weighted by Gasteiger charge is -2.33. The van der Waals surface area contributed by atoms with E-state index < -0.39 is 0 Å². The monoisotopic (exact) mass is 266 g/mol. The molecule has 0 aliphatic rings. The molecule has 4 nitrogen and oxygen atoms in total. The molecule has 0 radical (unpaired) electrons. The molecule has 0 saturated carbocycles. The molecule has 0 aliphatic carbocycles. The number of nitrogens with two attached hydrogens (primary N) is 1. The number of nitrogens with zero attached hydrogens (tertiary/aromatic N) is 3. The summed E-state index contributed by atoms with van der Waals surface area (Å²) in [4.78, 5) is 6.14. The van der Waals surface area contributed by atoms with Gasteiger partial charge < -0.3 is 10.6 Å². The van der Waals surface area contributed by atoms with Crippen LogP contribution in [0.5, 0.6) is 0 Å². The van der Waals surface area contributed by atoms with Crippen LogP contribution in [0.15, 0.2) is 48.8 Å². The fourth-order valence-corrected chi connectivity index (χ4v) is 2.40. The second-order valence-electron chi connectivity index (χ2n) is 4.86. The summed E-state index contributed by atoms with van der Waals surface area (Å²) in [6.07, 6.45) is 3.54. The van der Waals surface area contributed by atoms with Crippen molar-refractivity contribution >= 4 is 5.69 Å². The fraction of sp³-hybridized carbons (Fsp3) is 0.250. The van der Waals surface area contributed by atoms with Crippen molar-refractivity contribution in [3.05, 3.63) is 59.9 Å². The van der Waals surface area contributed by atoms with Crippen LogP contribution in [0, 0.1) is 11.3 Å². The van der Waals surface area contributed by atoms with Gasteiger partial charge in [0.1, 0.15) is 0 Å². The molecule has 0 fully saturated rings. The van der Waals surface area contributed by atoms with Crippen molar-refractivity contribution < 1.29 is 0 Å². The van der Waals surface area contributed by atoms with Crippen LogP contribution in [0.1, 0.15) is 24.1 Å². The van der Waals surface area contributed by atoms with E-state index in [0.717, 1.165) is 11.3 Å². The van der Waals surface area contributed by atoms with Crippen LogP contribution in [0.25, 0.3) is 0 Å². The second-order valence-corrected chi connectivity index (χ2v) is 4.86. The van der Waals surface area contributed by atoms with Gasteiger partial charge in [-0.15, -0.1) is 0 Å². The van der Waals surface area contributed by atoms with Crippen LogP contribution >= 0.6 is 0 Å². The Hall–Kier alpha value is -2.38. The van der Waals surface area contributed by atoms with Crippen molar-refractivity contribution in [2.75, 3.05) is 11.9 Å². The van der Waals surface area contributed by atoms with Crippen LogP contribution in [-0.2, 0) is 0 Å². The van der Waals surface area contributed by atoms with Gasteiger partial charge in [-0.1, -0.05) is 6.07 Å². The Bertz CT molecular complexity index is 601. The van der Waals surface area contributed by atoms with Gasteiger partial charge in [-0.3, -0.25) is 4.98 Å². The lowest BCUT2D eigenvalue weighted by Crippen LogP contribution is -2.37. The van der Waals surface area contributed by atoms with E-state index in [-0.39, 0.29) is 12.1 Å². The highest BCUT2D eigenvalue weighted by Crippen LogP contribution is 2.27. The van der Waals surface area contributed by atoms with E-state index >= 15 is 0 Å². The summed E-state index contributed by atoms with van der Waals surface area (Å²) in [5.41, 5.74) is 8.88. The Labute approximate surface area is 119 Å². The Morgan fingerprint density at radius 1 is 1.25 bits per heavy atom. The number of likely N-dealkylation sites (N-methyl/N-ethyl adjacent to an activating group) is 1. The van der Waals surface area contributed by atoms with Crippen LogP contribution < -0.4 is 10.6 Å². The zero-order valence-electron chi connectivity index (χ0n) is 11.7. The molecule has 4 heteroatoms. The minimum atomic E-state index is -0.0480. The van der Waals surface area contributed by atoms with Gasteiger partial charge in [0, 0.05) is 31.2 Å². The zero-order valence-corrected chi connectivity index (χ0v) is 11.7. The van der Waals surface area contributed by atoms with Crippen molar-refractivity contribution in [2.24, 2.45) is 5.73 Å². The molecule has 2 rings (SSSR count). The summed E-state index contributed by atoms with van der Waals surface area (Å²) >= 11 is 0. The van der Waals surface area contributed by atoms with Gasteiger partial charge in [-0.2, -0.15) is 5.26 Å². The molecule has 0 bridgehead atoms. The number of nitriles is 1. The molecule has 1 heterocycles. The van der Waals surface area contributed by atoms with Crippen molar-refractivity contribution in [1.82, 2.24) is 4.98 Å². The van der Waals surface area contributed by atoms with Gasteiger partial charge in [0.25, 0.3) is 0 Å². The third-order valence-corrected chi connectivity index (χ3v) is 3.35. The highest BCUT2D eigenvalue weighted by Gasteiger charge is 2.21. The van der Waals surface area contributed by atoms with Gasteiger partial charge in [0.15, 0.2) is 0 Å².